The number of carbonyl (C=O) groups excluding carboxylic acids is 1. The van der Waals surface area contributed by atoms with E-state index in [-0.39, 0.29) is 5.91 Å². The molecule has 27 heavy (non-hydrogen) atoms. The van der Waals surface area contributed by atoms with Crippen LogP contribution in [0.3, 0.4) is 0 Å². The number of benzene rings is 3. The lowest BCUT2D eigenvalue weighted by Gasteiger charge is -2.17. The van der Waals surface area contributed by atoms with Crippen LogP contribution in [0.5, 0.6) is 0 Å². The van der Waals surface area contributed by atoms with E-state index in [2.05, 4.69) is 43.5 Å². The van der Waals surface area contributed by atoms with Crippen LogP contribution in [0.2, 0.25) is 0 Å². The van der Waals surface area contributed by atoms with Gasteiger partial charge in [0.15, 0.2) is 0 Å². The molecule has 0 spiro atoms. The Balaban J connectivity index is 1.42. The number of para-hydroxylation sites is 1. The number of amides is 1. The van der Waals surface area contributed by atoms with Crippen molar-refractivity contribution in [3.63, 3.8) is 0 Å². The lowest BCUT2D eigenvalue weighted by Crippen LogP contribution is -2.17. The number of carbonyl (C=O) groups is 1. The molecule has 0 aromatic heterocycles. The molecule has 0 atom stereocenters. The molecule has 3 aromatic carbocycles. The number of hydrazone groups is 1. The fourth-order valence-electron chi connectivity index (χ4n) is 3.14. The van der Waals surface area contributed by atoms with E-state index in [0.717, 1.165) is 23.1 Å². The Morgan fingerprint density at radius 2 is 1.70 bits per heavy atom. The molecule has 4 nitrogen and oxygen atoms in total. The zero-order valence-corrected chi connectivity index (χ0v) is 16.2. The van der Waals surface area contributed by atoms with Crippen molar-refractivity contribution in [3.8, 4) is 0 Å². The van der Waals surface area contributed by atoms with Gasteiger partial charge in [-0.25, -0.2) is 5.43 Å². The lowest BCUT2D eigenvalue weighted by molar-refractivity contribution is 0.0955. The first-order valence-electron chi connectivity index (χ1n) is 8.70. The molecule has 0 unspecified atom stereocenters. The minimum atomic E-state index is -0.204. The molecule has 4 rings (SSSR count). The van der Waals surface area contributed by atoms with Gasteiger partial charge in [-0.1, -0.05) is 52.3 Å². The number of halogens is 1. The van der Waals surface area contributed by atoms with E-state index in [1.54, 1.807) is 6.21 Å². The summed E-state index contributed by atoms with van der Waals surface area (Å²) in [4.78, 5) is 14.7. The Hall–Kier alpha value is -2.92. The summed E-state index contributed by atoms with van der Waals surface area (Å²) in [6.45, 7) is 1.67. The second kappa shape index (κ2) is 7.76. The average Bonchev–Trinajstić information content (AvgIpc) is 3.13. The van der Waals surface area contributed by atoms with E-state index >= 15 is 0 Å². The van der Waals surface area contributed by atoms with Gasteiger partial charge in [-0.05, 0) is 53.1 Å². The van der Waals surface area contributed by atoms with Crippen LogP contribution in [0.15, 0.2) is 82.4 Å². The summed E-state index contributed by atoms with van der Waals surface area (Å²) in [7, 11) is 0. The molecule has 1 N–H and O–H groups in total. The third-order valence-corrected chi connectivity index (χ3v) is 5.09. The first-order chi connectivity index (χ1) is 13.2. The van der Waals surface area contributed by atoms with Crippen LogP contribution in [0, 0.1) is 0 Å². The standard InChI is InChI=1S/C22H18BrN3O/c23-20-10-6-16(7-11-20)13-24-25-22(27)17-8-9-18-14-26(15-19(18)12-17)21-4-2-1-3-5-21/h1-13H,14-15H2,(H,25,27)/b24-13-. The molecular formula is C22H18BrN3O. The summed E-state index contributed by atoms with van der Waals surface area (Å²) in [5.41, 5.74) is 7.78. The molecule has 0 saturated carbocycles. The minimum Gasteiger partial charge on any atom is -0.363 e. The number of hydrogen-bond acceptors (Lipinski definition) is 3. The van der Waals surface area contributed by atoms with Gasteiger partial charge < -0.3 is 4.90 Å². The molecule has 0 saturated heterocycles. The molecular weight excluding hydrogens is 402 g/mol. The molecule has 1 aliphatic rings. The summed E-state index contributed by atoms with van der Waals surface area (Å²) in [6, 6.07) is 23.9. The predicted molar refractivity (Wildman–Crippen MR) is 112 cm³/mol. The van der Waals surface area contributed by atoms with Crippen molar-refractivity contribution in [2.45, 2.75) is 13.1 Å². The predicted octanol–water partition coefficient (Wildman–Crippen LogP) is 4.73. The van der Waals surface area contributed by atoms with Gasteiger partial charge in [0.1, 0.15) is 0 Å². The number of hydrogen-bond donors (Lipinski definition) is 1. The van der Waals surface area contributed by atoms with E-state index in [1.807, 2.05) is 60.7 Å². The van der Waals surface area contributed by atoms with E-state index in [1.165, 1.54) is 16.8 Å². The second-order valence-corrected chi connectivity index (χ2v) is 7.34. The Morgan fingerprint density at radius 1 is 0.963 bits per heavy atom. The smallest absolute Gasteiger partial charge is 0.271 e. The molecule has 1 aliphatic heterocycles. The quantitative estimate of drug-likeness (QED) is 0.490. The van der Waals surface area contributed by atoms with Gasteiger partial charge in [-0.2, -0.15) is 5.10 Å². The highest BCUT2D eigenvalue weighted by atomic mass is 79.9. The van der Waals surface area contributed by atoms with Gasteiger partial charge in [0.05, 0.1) is 6.21 Å². The van der Waals surface area contributed by atoms with Gasteiger partial charge in [0.2, 0.25) is 0 Å². The van der Waals surface area contributed by atoms with Gasteiger partial charge in [-0.15, -0.1) is 0 Å². The average molecular weight is 420 g/mol. The van der Waals surface area contributed by atoms with Gasteiger partial charge in [0, 0.05) is 28.8 Å². The van der Waals surface area contributed by atoms with Crippen molar-refractivity contribution in [2.75, 3.05) is 4.90 Å². The summed E-state index contributed by atoms with van der Waals surface area (Å²) in [5.74, 6) is -0.204. The third kappa shape index (κ3) is 4.09. The maximum atomic E-state index is 12.4. The molecule has 0 bridgehead atoms. The highest BCUT2D eigenvalue weighted by Crippen LogP contribution is 2.28. The van der Waals surface area contributed by atoms with Crippen LogP contribution in [-0.4, -0.2) is 12.1 Å². The monoisotopic (exact) mass is 419 g/mol. The Labute approximate surface area is 166 Å². The van der Waals surface area contributed by atoms with Gasteiger partial charge in [0.25, 0.3) is 5.91 Å². The van der Waals surface area contributed by atoms with E-state index in [0.29, 0.717) is 5.56 Å². The molecule has 134 valence electrons. The van der Waals surface area contributed by atoms with Gasteiger partial charge in [-0.3, -0.25) is 4.79 Å². The number of fused-ring (bicyclic) bond motifs is 1. The number of nitrogens with one attached hydrogen (secondary N) is 1. The Bertz CT molecular complexity index is 984. The molecule has 0 aliphatic carbocycles. The highest BCUT2D eigenvalue weighted by Gasteiger charge is 2.20. The van der Waals surface area contributed by atoms with Crippen LogP contribution < -0.4 is 10.3 Å². The van der Waals surface area contributed by atoms with Crippen LogP contribution >= 0.6 is 15.9 Å². The third-order valence-electron chi connectivity index (χ3n) is 4.56. The van der Waals surface area contributed by atoms with Crippen LogP contribution in [-0.2, 0) is 13.1 Å². The molecule has 0 radical (unpaired) electrons. The summed E-state index contributed by atoms with van der Waals surface area (Å²) in [6.07, 6.45) is 1.63. The minimum absolute atomic E-state index is 0.204. The highest BCUT2D eigenvalue weighted by molar-refractivity contribution is 9.10. The molecule has 1 amide bonds. The molecule has 0 fully saturated rings. The second-order valence-electron chi connectivity index (χ2n) is 6.43. The maximum Gasteiger partial charge on any atom is 0.271 e. The number of anilines is 1. The van der Waals surface area contributed by atoms with Gasteiger partial charge >= 0.3 is 0 Å². The first-order valence-corrected chi connectivity index (χ1v) is 9.49. The first kappa shape index (κ1) is 17.5. The van der Waals surface area contributed by atoms with Crippen LogP contribution in [0.1, 0.15) is 27.0 Å². The van der Waals surface area contributed by atoms with Crippen molar-refractivity contribution in [3.05, 3.63) is 99.5 Å². The number of nitrogens with zero attached hydrogens (tertiary/aromatic N) is 2. The van der Waals surface area contributed by atoms with E-state index in [9.17, 15) is 4.79 Å². The topological polar surface area (TPSA) is 44.7 Å². The maximum absolute atomic E-state index is 12.4. The fourth-order valence-corrected chi connectivity index (χ4v) is 3.40. The van der Waals surface area contributed by atoms with E-state index in [4.69, 9.17) is 0 Å². The fraction of sp³-hybridized carbons (Fsp3) is 0.0909. The summed E-state index contributed by atoms with van der Waals surface area (Å²) >= 11 is 3.39. The van der Waals surface area contributed by atoms with Crippen molar-refractivity contribution >= 4 is 33.7 Å². The van der Waals surface area contributed by atoms with Crippen LogP contribution in [0.4, 0.5) is 5.69 Å². The molecule has 3 aromatic rings. The molecule has 5 heteroatoms. The summed E-state index contributed by atoms with van der Waals surface area (Å²) < 4.78 is 1.01. The van der Waals surface area contributed by atoms with Crippen molar-refractivity contribution in [1.82, 2.24) is 5.43 Å². The number of rotatable bonds is 4. The SMILES string of the molecule is O=C(N/N=C\c1ccc(Br)cc1)c1ccc2c(c1)CN(c1ccccc1)C2. The lowest BCUT2D eigenvalue weighted by atomic mass is 10.1. The summed E-state index contributed by atoms with van der Waals surface area (Å²) in [5, 5.41) is 4.05. The largest absolute Gasteiger partial charge is 0.363 e. The Kier molecular flexibility index (Phi) is 5.03. The van der Waals surface area contributed by atoms with Crippen LogP contribution in [0.25, 0.3) is 0 Å². The van der Waals surface area contributed by atoms with Crippen molar-refractivity contribution < 1.29 is 4.79 Å². The Morgan fingerprint density at radius 3 is 2.48 bits per heavy atom. The van der Waals surface area contributed by atoms with Crippen molar-refractivity contribution in [1.29, 1.82) is 0 Å². The van der Waals surface area contributed by atoms with E-state index < -0.39 is 0 Å². The zero-order valence-electron chi connectivity index (χ0n) is 14.6. The molecule has 1 heterocycles. The normalized spacial score (nSPS) is 13.0. The zero-order chi connectivity index (χ0) is 18.6. The van der Waals surface area contributed by atoms with Crippen molar-refractivity contribution in [2.24, 2.45) is 5.10 Å².